The molecule has 0 saturated heterocycles. The van der Waals surface area contributed by atoms with Gasteiger partial charge in [-0.1, -0.05) is 45.0 Å². The molecule has 6 aromatic rings. The Labute approximate surface area is 190 Å². The fraction of sp³-hybridized carbons (Fsp3) is 0.143. The smallest absolute Gasteiger partial charge is 0.152 e. The van der Waals surface area contributed by atoms with Gasteiger partial charge in [-0.15, -0.1) is 11.3 Å². The van der Waals surface area contributed by atoms with Gasteiger partial charge in [0, 0.05) is 34.5 Å². The highest BCUT2D eigenvalue weighted by atomic mass is 32.1. The number of nitrogens with zero attached hydrogens (tertiary/aromatic N) is 2. The molecule has 3 nitrogen and oxygen atoms in total. The largest absolute Gasteiger partial charge is 0.463 e. The Kier molecular flexibility index (Phi) is 4.21. The van der Waals surface area contributed by atoms with Crippen LogP contribution in [0.1, 0.15) is 26.3 Å². The number of fused-ring (bicyclic) bond motifs is 3. The quantitative estimate of drug-likeness (QED) is 0.275. The van der Waals surface area contributed by atoms with Crippen molar-refractivity contribution in [1.29, 1.82) is 0 Å². The van der Waals surface area contributed by atoms with E-state index in [1.807, 2.05) is 18.5 Å². The van der Waals surface area contributed by atoms with Crippen LogP contribution in [0.3, 0.4) is 0 Å². The van der Waals surface area contributed by atoms with Crippen LogP contribution >= 0.6 is 11.3 Å². The number of hydrogen-bond donors (Lipinski definition) is 0. The summed E-state index contributed by atoms with van der Waals surface area (Å²) < 4.78 is 6.75. The highest BCUT2D eigenvalue weighted by Crippen LogP contribution is 2.41. The molecule has 0 bridgehead atoms. The first-order valence-electron chi connectivity index (χ1n) is 10.7. The predicted octanol–water partition coefficient (Wildman–Crippen LogP) is 8.22. The summed E-state index contributed by atoms with van der Waals surface area (Å²) in [5.74, 6) is 0. The lowest BCUT2D eigenvalue weighted by molar-refractivity contribution is 0.596. The van der Waals surface area contributed by atoms with E-state index in [1.54, 1.807) is 17.6 Å². The number of hydrogen-bond acceptors (Lipinski definition) is 4. The minimum Gasteiger partial charge on any atom is -0.463 e. The maximum atomic E-state index is 5.56. The fourth-order valence-electron chi connectivity index (χ4n) is 4.36. The molecular weight excluding hydrogens is 412 g/mol. The van der Waals surface area contributed by atoms with E-state index in [0.29, 0.717) is 0 Å². The van der Waals surface area contributed by atoms with Crippen molar-refractivity contribution in [2.45, 2.75) is 26.2 Å². The van der Waals surface area contributed by atoms with E-state index >= 15 is 0 Å². The van der Waals surface area contributed by atoms with Crippen LogP contribution in [0.4, 0.5) is 0 Å². The van der Waals surface area contributed by atoms with Crippen LogP contribution in [0.25, 0.3) is 53.7 Å². The minimum absolute atomic E-state index is 0.0360. The van der Waals surface area contributed by atoms with Crippen LogP contribution in [0.5, 0.6) is 0 Å². The molecule has 0 saturated carbocycles. The monoisotopic (exact) mass is 434 g/mol. The minimum atomic E-state index is 0.0360. The number of rotatable bonds is 2. The average molecular weight is 435 g/mol. The van der Waals surface area contributed by atoms with Crippen LogP contribution in [-0.4, -0.2) is 9.97 Å². The van der Waals surface area contributed by atoms with E-state index in [4.69, 9.17) is 9.40 Å². The zero-order chi connectivity index (χ0) is 21.9. The Morgan fingerprint density at radius 2 is 1.72 bits per heavy atom. The second kappa shape index (κ2) is 7.01. The molecule has 4 heterocycles. The molecule has 0 aliphatic rings. The van der Waals surface area contributed by atoms with Gasteiger partial charge < -0.3 is 4.42 Å². The lowest BCUT2D eigenvalue weighted by Crippen LogP contribution is -2.12. The van der Waals surface area contributed by atoms with Crippen molar-refractivity contribution in [2.75, 3.05) is 0 Å². The Bertz CT molecular complexity index is 1620. The number of pyridine rings is 2. The van der Waals surface area contributed by atoms with Crippen molar-refractivity contribution < 1.29 is 4.42 Å². The molecule has 0 spiro atoms. The highest BCUT2D eigenvalue weighted by molar-refractivity contribution is 7.22. The second-order valence-corrected chi connectivity index (χ2v) is 10.3. The van der Waals surface area contributed by atoms with E-state index in [0.717, 1.165) is 32.8 Å². The number of thiophene rings is 1. The highest BCUT2D eigenvalue weighted by Gasteiger charge is 2.20. The molecule has 0 radical (unpaired) electrons. The second-order valence-electron chi connectivity index (χ2n) is 9.21. The van der Waals surface area contributed by atoms with Gasteiger partial charge in [-0.2, -0.15) is 0 Å². The van der Waals surface area contributed by atoms with Crippen molar-refractivity contribution in [2.24, 2.45) is 0 Å². The van der Waals surface area contributed by atoms with Crippen molar-refractivity contribution in [3.63, 3.8) is 0 Å². The van der Waals surface area contributed by atoms with Gasteiger partial charge in [0.15, 0.2) is 5.58 Å². The van der Waals surface area contributed by atoms with Crippen LogP contribution in [0, 0.1) is 0 Å². The molecule has 4 aromatic heterocycles. The third-order valence-electron chi connectivity index (χ3n) is 5.96. The van der Waals surface area contributed by atoms with Gasteiger partial charge >= 0.3 is 0 Å². The molecule has 0 unspecified atom stereocenters. The van der Waals surface area contributed by atoms with Crippen LogP contribution in [-0.2, 0) is 5.41 Å². The van der Waals surface area contributed by atoms with E-state index in [9.17, 15) is 0 Å². The summed E-state index contributed by atoms with van der Waals surface area (Å²) >= 11 is 1.76. The first kappa shape index (κ1) is 19.2. The summed E-state index contributed by atoms with van der Waals surface area (Å²) in [7, 11) is 0. The molecule has 0 fully saturated rings. The maximum absolute atomic E-state index is 5.56. The van der Waals surface area contributed by atoms with Crippen molar-refractivity contribution in [3.8, 4) is 21.7 Å². The molecule has 2 aromatic carbocycles. The summed E-state index contributed by atoms with van der Waals surface area (Å²) in [5, 5.41) is 3.75. The lowest BCUT2D eigenvalue weighted by Gasteiger charge is -2.22. The molecule has 4 heteroatoms. The fourth-order valence-corrected chi connectivity index (χ4v) is 5.51. The normalized spacial score (nSPS) is 12.2. The molecule has 6 rings (SSSR count). The maximum Gasteiger partial charge on any atom is 0.152 e. The Balaban J connectivity index is 1.56. The first-order chi connectivity index (χ1) is 15.5. The van der Waals surface area contributed by atoms with E-state index in [2.05, 4.69) is 80.4 Å². The summed E-state index contributed by atoms with van der Waals surface area (Å²) in [6, 6.07) is 21.5. The van der Waals surface area contributed by atoms with Gasteiger partial charge in [-0.3, -0.25) is 9.97 Å². The summed E-state index contributed by atoms with van der Waals surface area (Å²) in [5.41, 5.74) is 6.32. The van der Waals surface area contributed by atoms with Gasteiger partial charge in [0.2, 0.25) is 0 Å². The Morgan fingerprint density at radius 3 is 2.59 bits per heavy atom. The van der Waals surface area contributed by atoms with Gasteiger partial charge in [0.05, 0.1) is 16.7 Å². The molecule has 0 atom stereocenters. The van der Waals surface area contributed by atoms with E-state index < -0.39 is 0 Å². The molecular formula is C28H22N2OS. The SMILES string of the molecule is CC(C)(C)c1cc(-c2nccc3cc(-c4cnc5ccoc5c4)sc23)cc2ccccc12. The van der Waals surface area contributed by atoms with Crippen LogP contribution in [0.15, 0.2) is 83.7 Å². The molecule has 156 valence electrons. The van der Waals surface area contributed by atoms with Crippen molar-refractivity contribution in [1.82, 2.24) is 9.97 Å². The summed E-state index contributed by atoms with van der Waals surface area (Å²) in [6.45, 7) is 6.81. The zero-order valence-corrected chi connectivity index (χ0v) is 19.0. The van der Waals surface area contributed by atoms with Gasteiger partial charge in [0.1, 0.15) is 5.52 Å². The van der Waals surface area contributed by atoms with Gasteiger partial charge in [0.25, 0.3) is 0 Å². The lowest BCUT2D eigenvalue weighted by atomic mass is 9.82. The molecule has 0 aliphatic carbocycles. The average Bonchev–Trinajstić information content (AvgIpc) is 3.43. The van der Waals surface area contributed by atoms with Gasteiger partial charge in [-0.25, -0.2) is 0 Å². The van der Waals surface area contributed by atoms with E-state index in [-0.39, 0.29) is 5.41 Å². The Hall–Kier alpha value is -3.50. The third kappa shape index (κ3) is 3.10. The Morgan fingerprint density at radius 1 is 0.844 bits per heavy atom. The molecule has 32 heavy (non-hydrogen) atoms. The summed E-state index contributed by atoms with van der Waals surface area (Å²) in [4.78, 5) is 10.5. The predicted molar refractivity (Wildman–Crippen MR) is 134 cm³/mol. The topological polar surface area (TPSA) is 38.9 Å². The van der Waals surface area contributed by atoms with Crippen LogP contribution in [0.2, 0.25) is 0 Å². The van der Waals surface area contributed by atoms with Crippen molar-refractivity contribution in [3.05, 3.63) is 84.9 Å². The molecule has 0 aliphatic heterocycles. The first-order valence-corrected chi connectivity index (χ1v) is 11.5. The number of furan rings is 1. The third-order valence-corrected chi connectivity index (χ3v) is 7.17. The van der Waals surface area contributed by atoms with Gasteiger partial charge in [-0.05, 0) is 57.5 Å². The van der Waals surface area contributed by atoms with Crippen molar-refractivity contribution >= 4 is 43.3 Å². The molecule has 0 N–H and O–H groups in total. The number of benzene rings is 2. The zero-order valence-electron chi connectivity index (χ0n) is 18.2. The number of aromatic nitrogens is 2. The van der Waals surface area contributed by atoms with E-state index in [1.165, 1.54) is 26.4 Å². The standard InChI is InChI=1S/C28H22N2OS/c1-28(2,3)22-13-19(12-17-6-4-5-7-21(17)22)26-27-18(8-10-29-26)15-25(32-27)20-14-24-23(30-16-20)9-11-31-24/h4-16H,1-3H3. The van der Waals surface area contributed by atoms with Crippen LogP contribution < -0.4 is 0 Å². The summed E-state index contributed by atoms with van der Waals surface area (Å²) in [6.07, 6.45) is 5.51. The molecule has 0 amide bonds.